The summed E-state index contributed by atoms with van der Waals surface area (Å²) in [5.74, 6) is -2.38. The first kappa shape index (κ1) is 12.9. The van der Waals surface area contributed by atoms with Crippen LogP contribution in [0.3, 0.4) is 0 Å². The van der Waals surface area contributed by atoms with E-state index < -0.39 is 5.76 Å². The molecule has 96 valence electrons. The van der Waals surface area contributed by atoms with Gasteiger partial charge in [0.1, 0.15) is 0 Å². The minimum atomic E-state index is -2.38. The monoisotopic (exact) mass is 269 g/mol. The molecule has 0 atom stereocenters. The number of hydrogen-bond donors (Lipinski definition) is 2. The van der Waals surface area contributed by atoms with Crippen LogP contribution in [-0.2, 0) is 6.54 Å². The van der Waals surface area contributed by atoms with Gasteiger partial charge in [-0.1, -0.05) is 11.8 Å². The Morgan fingerprint density at radius 1 is 1.33 bits per heavy atom. The first-order chi connectivity index (χ1) is 8.65. The lowest BCUT2D eigenvalue weighted by atomic mass is 10.3. The fourth-order valence-corrected chi connectivity index (χ4v) is 2.00. The van der Waals surface area contributed by atoms with Crippen LogP contribution in [0.4, 0.5) is 14.5 Å². The number of halogens is 2. The van der Waals surface area contributed by atoms with Crippen LogP contribution in [0.1, 0.15) is 11.4 Å². The van der Waals surface area contributed by atoms with Gasteiger partial charge in [0.25, 0.3) is 5.76 Å². The number of nitrogens with one attached hydrogen (secondary N) is 2. The Balaban J connectivity index is 1.92. The van der Waals surface area contributed by atoms with Crippen LogP contribution in [-0.4, -0.2) is 15.7 Å². The number of alkyl halides is 2. The third-order valence-electron chi connectivity index (χ3n) is 2.47. The van der Waals surface area contributed by atoms with Crippen molar-refractivity contribution in [3.05, 3.63) is 42.0 Å². The first-order valence-electron chi connectivity index (χ1n) is 5.43. The summed E-state index contributed by atoms with van der Waals surface area (Å²) in [6.07, 6.45) is 1.65. The summed E-state index contributed by atoms with van der Waals surface area (Å²) in [5.41, 5.74) is 2.85. The summed E-state index contributed by atoms with van der Waals surface area (Å²) in [7, 11) is 0. The normalized spacial score (nSPS) is 10.9. The Morgan fingerprint density at radius 3 is 2.61 bits per heavy atom. The zero-order valence-electron chi connectivity index (χ0n) is 9.78. The highest BCUT2D eigenvalue weighted by molar-refractivity contribution is 7.99. The molecule has 1 aromatic heterocycles. The summed E-state index contributed by atoms with van der Waals surface area (Å²) in [6, 6.07) is 6.92. The topological polar surface area (TPSA) is 40.7 Å². The number of aromatic nitrogens is 2. The van der Waals surface area contributed by atoms with E-state index in [1.54, 1.807) is 30.6 Å². The highest BCUT2D eigenvalue weighted by atomic mass is 32.2. The van der Waals surface area contributed by atoms with Crippen LogP contribution >= 0.6 is 11.8 Å². The molecular weight excluding hydrogens is 256 g/mol. The van der Waals surface area contributed by atoms with E-state index in [9.17, 15) is 8.78 Å². The quantitative estimate of drug-likeness (QED) is 0.814. The molecule has 6 heteroatoms. The van der Waals surface area contributed by atoms with Crippen molar-refractivity contribution in [1.82, 2.24) is 9.97 Å². The van der Waals surface area contributed by atoms with Crippen molar-refractivity contribution >= 4 is 17.4 Å². The van der Waals surface area contributed by atoms with Crippen LogP contribution in [0.5, 0.6) is 0 Å². The zero-order chi connectivity index (χ0) is 13.0. The largest absolute Gasteiger partial charge is 0.379 e. The number of rotatable bonds is 5. The van der Waals surface area contributed by atoms with E-state index in [0.29, 0.717) is 23.2 Å². The predicted octanol–water partition coefficient (Wildman–Crippen LogP) is 3.64. The summed E-state index contributed by atoms with van der Waals surface area (Å²) in [4.78, 5) is 7.73. The second-order valence-corrected chi connectivity index (χ2v) is 4.79. The molecule has 18 heavy (non-hydrogen) atoms. The lowest BCUT2D eigenvalue weighted by molar-refractivity contribution is 0.252. The first-order valence-corrected chi connectivity index (χ1v) is 6.30. The van der Waals surface area contributed by atoms with Crippen molar-refractivity contribution < 1.29 is 8.78 Å². The molecule has 0 amide bonds. The molecule has 1 aromatic carbocycles. The summed E-state index contributed by atoms with van der Waals surface area (Å²) < 4.78 is 24.3. The second-order valence-electron chi connectivity index (χ2n) is 3.73. The van der Waals surface area contributed by atoms with E-state index in [2.05, 4.69) is 15.3 Å². The molecule has 3 nitrogen and oxygen atoms in total. The molecule has 0 aliphatic carbocycles. The minimum absolute atomic E-state index is 0.547. The van der Waals surface area contributed by atoms with E-state index in [1.165, 1.54) is 0 Å². The SMILES string of the molecule is Cc1[nH]cnc1CNc1ccc(SC(F)F)cc1. The van der Waals surface area contributed by atoms with Crippen molar-refractivity contribution in [3.63, 3.8) is 0 Å². The molecular formula is C12H13F2N3S. The molecule has 0 spiro atoms. The standard InChI is InChI=1S/C12H13F2N3S/c1-8-11(17-7-16-8)6-15-9-2-4-10(5-3-9)18-12(13)14/h2-5,7,12,15H,6H2,1H3,(H,16,17). The van der Waals surface area contributed by atoms with Crippen LogP contribution in [0.15, 0.2) is 35.5 Å². The van der Waals surface area contributed by atoms with E-state index in [4.69, 9.17) is 0 Å². The molecule has 0 aliphatic heterocycles. The van der Waals surface area contributed by atoms with Crippen LogP contribution in [0.2, 0.25) is 0 Å². The Bertz CT molecular complexity index is 496. The molecule has 0 unspecified atom stereocenters. The Hall–Kier alpha value is -1.56. The second kappa shape index (κ2) is 5.86. The van der Waals surface area contributed by atoms with E-state index in [-0.39, 0.29) is 0 Å². The maximum absolute atomic E-state index is 12.1. The van der Waals surface area contributed by atoms with E-state index in [1.807, 2.05) is 6.92 Å². The Kier molecular flexibility index (Phi) is 4.19. The maximum atomic E-state index is 12.1. The molecule has 2 aromatic rings. The van der Waals surface area contributed by atoms with E-state index >= 15 is 0 Å². The van der Waals surface area contributed by atoms with Gasteiger partial charge < -0.3 is 10.3 Å². The van der Waals surface area contributed by atoms with E-state index in [0.717, 1.165) is 17.1 Å². The number of H-pyrrole nitrogens is 1. The summed E-state index contributed by atoms with van der Waals surface area (Å²) >= 11 is 0.547. The molecule has 0 saturated carbocycles. The zero-order valence-corrected chi connectivity index (χ0v) is 10.6. The number of hydrogen-bond acceptors (Lipinski definition) is 3. The van der Waals surface area contributed by atoms with Gasteiger partial charge in [-0.3, -0.25) is 0 Å². The smallest absolute Gasteiger partial charge is 0.288 e. The van der Waals surface area contributed by atoms with Gasteiger partial charge in [-0.25, -0.2) is 4.98 Å². The van der Waals surface area contributed by atoms with Gasteiger partial charge in [0.2, 0.25) is 0 Å². The average molecular weight is 269 g/mol. The van der Waals surface area contributed by atoms with Gasteiger partial charge >= 0.3 is 0 Å². The van der Waals surface area contributed by atoms with Gasteiger partial charge in [-0.2, -0.15) is 8.78 Å². The molecule has 0 aliphatic rings. The van der Waals surface area contributed by atoms with Crippen LogP contribution in [0, 0.1) is 6.92 Å². The van der Waals surface area contributed by atoms with Crippen molar-refractivity contribution in [2.75, 3.05) is 5.32 Å². The lowest BCUT2D eigenvalue weighted by Gasteiger charge is -2.06. The molecule has 0 bridgehead atoms. The fourth-order valence-electron chi connectivity index (χ4n) is 1.51. The number of aryl methyl sites for hydroxylation is 1. The average Bonchev–Trinajstić information content (AvgIpc) is 2.73. The molecule has 0 saturated heterocycles. The van der Waals surface area contributed by atoms with Gasteiger partial charge in [-0.05, 0) is 31.2 Å². The number of thioether (sulfide) groups is 1. The molecule has 2 N–H and O–H groups in total. The van der Waals surface area contributed by atoms with Gasteiger partial charge in [0.15, 0.2) is 0 Å². The summed E-state index contributed by atoms with van der Waals surface area (Å²) in [6.45, 7) is 2.56. The molecule has 0 fully saturated rings. The Labute approximate surface area is 108 Å². The number of anilines is 1. The molecule has 1 heterocycles. The highest BCUT2D eigenvalue weighted by Gasteiger charge is 2.05. The van der Waals surface area contributed by atoms with Gasteiger partial charge in [0, 0.05) is 16.3 Å². The van der Waals surface area contributed by atoms with Crippen molar-refractivity contribution in [1.29, 1.82) is 0 Å². The number of benzene rings is 1. The highest BCUT2D eigenvalue weighted by Crippen LogP contribution is 2.26. The van der Waals surface area contributed by atoms with Crippen molar-refractivity contribution in [3.8, 4) is 0 Å². The van der Waals surface area contributed by atoms with Gasteiger partial charge in [-0.15, -0.1) is 0 Å². The van der Waals surface area contributed by atoms with Crippen LogP contribution in [0.25, 0.3) is 0 Å². The minimum Gasteiger partial charge on any atom is -0.379 e. The third kappa shape index (κ3) is 3.46. The molecule has 2 rings (SSSR count). The van der Waals surface area contributed by atoms with Crippen molar-refractivity contribution in [2.45, 2.75) is 24.1 Å². The number of imidazole rings is 1. The van der Waals surface area contributed by atoms with Crippen molar-refractivity contribution in [2.24, 2.45) is 0 Å². The van der Waals surface area contributed by atoms with Crippen LogP contribution < -0.4 is 5.32 Å². The summed E-state index contributed by atoms with van der Waals surface area (Å²) in [5, 5.41) is 3.19. The van der Waals surface area contributed by atoms with Gasteiger partial charge in [0.05, 0.1) is 18.6 Å². The third-order valence-corrected chi connectivity index (χ3v) is 3.20. The number of nitrogens with zero attached hydrogens (tertiary/aromatic N) is 1. The Morgan fingerprint density at radius 2 is 2.06 bits per heavy atom. The lowest BCUT2D eigenvalue weighted by Crippen LogP contribution is -2.01. The number of aromatic amines is 1. The predicted molar refractivity (Wildman–Crippen MR) is 69.0 cm³/mol. The fraction of sp³-hybridized carbons (Fsp3) is 0.250. The maximum Gasteiger partial charge on any atom is 0.288 e. The molecule has 0 radical (unpaired) electrons.